The van der Waals surface area contributed by atoms with Crippen molar-refractivity contribution in [2.24, 2.45) is 0 Å². The molecule has 0 unspecified atom stereocenters. The number of aryl methyl sites for hydroxylation is 1. The predicted molar refractivity (Wildman–Crippen MR) is 87.7 cm³/mol. The van der Waals surface area contributed by atoms with Crippen LogP contribution < -0.4 is 4.74 Å². The Balaban J connectivity index is 2.06. The van der Waals surface area contributed by atoms with Crippen molar-refractivity contribution in [2.75, 3.05) is 0 Å². The summed E-state index contributed by atoms with van der Waals surface area (Å²) in [5, 5.41) is 9.25. The molecule has 0 aliphatic heterocycles. The van der Waals surface area contributed by atoms with Gasteiger partial charge in [-0.25, -0.2) is 0 Å². The lowest BCUT2D eigenvalue weighted by molar-refractivity contribution is 0.293. The van der Waals surface area contributed by atoms with Crippen molar-refractivity contribution in [1.82, 2.24) is 14.8 Å². The minimum Gasteiger partial charge on any atom is -0.470 e. The zero-order chi connectivity index (χ0) is 15.5. The molecule has 2 aromatic heterocycles. The summed E-state index contributed by atoms with van der Waals surface area (Å²) in [5.74, 6) is 0.518. The molecule has 4 heteroatoms. The Kier molecular flexibility index (Phi) is 3.77. The Morgan fingerprint density at radius 1 is 1.27 bits per heavy atom. The normalized spacial score (nSPS) is 10.5. The number of benzene rings is 1. The van der Waals surface area contributed by atoms with Crippen LogP contribution >= 0.6 is 0 Å². The molecule has 0 radical (unpaired) electrons. The average Bonchev–Trinajstić information content (AvgIpc) is 2.80. The van der Waals surface area contributed by atoms with E-state index in [1.165, 1.54) is 0 Å². The van der Waals surface area contributed by atoms with Crippen molar-refractivity contribution in [1.29, 1.82) is 0 Å². The molecule has 0 aliphatic rings. The number of rotatable bonds is 4. The van der Waals surface area contributed by atoms with Crippen LogP contribution in [0.15, 0.2) is 48.8 Å². The maximum absolute atomic E-state index is 5.90. The molecular formula is C18H17N3O. The summed E-state index contributed by atoms with van der Waals surface area (Å²) in [4.78, 5) is 0. The van der Waals surface area contributed by atoms with Gasteiger partial charge in [-0.1, -0.05) is 36.9 Å². The Morgan fingerprint density at radius 2 is 2.05 bits per heavy atom. The van der Waals surface area contributed by atoms with Gasteiger partial charge < -0.3 is 9.30 Å². The number of hydrogen-bond donors (Lipinski definition) is 0. The molecular weight excluding hydrogens is 274 g/mol. The van der Waals surface area contributed by atoms with Crippen LogP contribution in [0.25, 0.3) is 17.1 Å². The average molecular weight is 291 g/mol. The maximum Gasteiger partial charge on any atom is 0.258 e. The molecule has 0 amide bonds. The molecule has 4 nitrogen and oxygen atoms in total. The molecule has 3 aromatic rings. The predicted octanol–water partition coefficient (Wildman–Crippen LogP) is 3.88. The second-order valence-corrected chi connectivity index (χ2v) is 5.10. The van der Waals surface area contributed by atoms with E-state index in [1.807, 2.05) is 41.8 Å². The van der Waals surface area contributed by atoms with Gasteiger partial charge in [0.15, 0.2) is 0 Å². The third-order valence-electron chi connectivity index (χ3n) is 3.78. The molecule has 22 heavy (non-hydrogen) atoms. The highest BCUT2D eigenvalue weighted by Crippen LogP contribution is 2.30. The van der Waals surface area contributed by atoms with Crippen LogP contribution in [0.3, 0.4) is 0 Å². The molecule has 0 saturated carbocycles. The summed E-state index contributed by atoms with van der Waals surface area (Å²) < 4.78 is 7.89. The fourth-order valence-electron chi connectivity index (χ4n) is 2.49. The summed E-state index contributed by atoms with van der Waals surface area (Å²) in [7, 11) is 0. The maximum atomic E-state index is 5.90. The summed E-state index contributed by atoms with van der Waals surface area (Å²) in [5.41, 5.74) is 7.06. The van der Waals surface area contributed by atoms with E-state index < -0.39 is 0 Å². The SMILES string of the molecule is C=C=Cn1c(C)c(C)c2cnnc(OCc3ccccc3)c21. The van der Waals surface area contributed by atoms with Crippen LogP contribution in [0.4, 0.5) is 0 Å². The lowest BCUT2D eigenvalue weighted by Gasteiger charge is -2.07. The van der Waals surface area contributed by atoms with Crippen molar-refractivity contribution >= 4 is 17.1 Å². The highest BCUT2D eigenvalue weighted by molar-refractivity contribution is 5.89. The number of nitrogens with zero attached hydrogens (tertiary/aromatic N) is 3. The van der Waals surface area contributed by atoms with Gasteiger partial charge in [-0.2, -0.15) is 5.10 Å². The van der Waals surface area contributed by atoms with Crippen LogP contribution in [-0.2, 0) is 6.61 Å². The molecule has 0 N–H and O–H groups in total. The van der Waals surface area contributed by atoms with E-state index in [0.29, 0.717) is 12.5 Å². The molecule has 0 saturated heterocycles. The molecule has 0 aliphatic carbocycles. The Morgan fingerprint density at radius 3 is 2.77 bits per heavy atom. The fraction of sp³-hybridized carbons (Fsp3) is 0.167. The molecule has 110 valence electrons. The first-order chi connectivity index (χ1) is 10.7. The van der Waals surface area contributed by atoms with Gasteiger partial charge in [0.05, 0.1) is 12.4 Å². The minimum absolute atomic E-state index is 0.454. The molecule has 1 aromatic carbocycles. The summed E-state index contributed by atoms with van der Waals surface area (Å²) >= 11 is 0. The first-order valence-corrected chi connectivity index (χ1v) is 7.08. The van der Waals surface area contributed by atoms with Crippen molar-refractivity contribution in [3.8, 4) is 5.88 Å². The summed E-state index contributed by atoms with van der Waals surface area (Å²) in [6.45, 7) is 8.22. The first-order valence-electron chi connectivity index (χ1n) is 7.08. The molecule has 2 heterocycles. The molecule has 0 atom stereocenters. The van der Waals surface area contributed by atoms with E-state index in [-0.39, 0.29) is 0 Å². The fourth-order valence-corrected chi connectivity index (χ4v) is 2.49. The second kappa shape index (κ2) is 5.88. The first kappa shape index (κ1) is 14.1. The van der Waals surface area contributed by atoms with Crippen molar-refractivity contribution < 1.29 is 4.74 Å². The van der Waals surface area contributed by atoms with Crippen LogP contribution in [0.5, 0.6) is 5.88 Å². The second-order valence-electron chi connectivity index (χ2n) is 5.10. The van der Waals surface area contributed by atoms with Crippen molar-refractivity contribution in [2.45, 2.75) is 20.5 Å². The van der Waals surface area contributed by atoms with E-state index >= 15 is 0 Å². The standard InChI is InChI=1S/C18H17N3O/c1-4-10-21-14(3)13(2)16-11-19-20-18(17(16)21)22-12-15-8-6-5-7-9-15/h5-11H,1,12H2,2-3H3. The Labute approximate surface area is 129 Å². The number of hydrogen-bond acceptors (Lipinski definition) is 3. The Hall–Kier alpha value is -2.84. The molecule has 0 fully saturated rings. The van der Waals surface area contributed by atoms with E-state index in [9.17, 15) is 0 Å². The Bertz CT molecular complexity index is 859. The van der Waals surface area contributed by atoms with E-state index in [2.05, 4.69) is 29.4 Å². The van der Waals surface area contributed by atoms with Crippen LogP contribution in [0.2, 0.25) is 0 Å². The topological polar surface area (TPSA) is 39.9 Å². The van der Waals surface area contributed by atoms with Crippen molar-refractivity contribution in [3.05, 3.63) is 65.7 Å². The molecule has 3 rings (SSSR count). The monoisotopic (exact) mass is 291 g/mol. The number of aromatic nitrogens is 3. The van der Waals surface area contributed by atoms with Gasteiger partial charge in [0.1, 0.15) is 12.1 Å². The lowest BCUT2D eigenvalue weighted by Crippen LogP contribution is -2.01. The molecule has 0 bridgehead atoms. The highest BCUT2D eigenvalue weighted by atomic mass is 16.5. The lowest BCUT2D eigenvalue weighted by atomic mass is 10.2. The van der Waals surface area contributed by atoms with Gasteiger partial charge in [-0.3, -0.25) is 0 Å². The van der Waals surface area contributed by atoms with Crippen LogP contribution in [0, 0.1) is 13.8 Å². The smallest absolute Gasteiger partial charge is 0.258 e. The van der Waals surface area contributed by atoms with E-state index in [4.69, 9.17) is 4.74 Å². The third-order valence-corrected chi connectivity index (χ3v) is 3.78. The summed E-state index contributed by atoms with van der Waals surface area (Å²) in [6, 6.07) is 10.0. The van der Waals surface area contributed by atoms with Crippen molar-refractivity contribution in [3.63, 3.8) is 0 Å². The van der Waals surface area contributed by atoms with Crippen LogP contribution in [-0.4, -0.2) is 14.8 Å². The minimum atomic E-state index is 0.454. The van der Waals surface area contributed by atoms with E-state index in [0.717, 1.165) is 27.7 Å². The molecule has 0 spiro atoms. The van der Waals surface area contributed by atoms with Crippen LogP contribution in [0.1, 0.15) is 16.8 Å². The van der Waals surface area contributed by atoms with E-state index in [1.54, 1.807) is 12.4 Å². The number of fused-ring (bicyclic) bond motifs is 1. The zero-order valence-corrected chi connectivity index (χ0v) is 12.7. The summed E-state index contributed by atoms with van der Waals surface area (Å²) in [6.07, 6.45) is 3.56. The highest BCUT2D eigenvalue weighted by Gasteiger charge is 2.15. The van der Waals surface area contributed by atoms with Gasteiger partial charge in [0, 0.05) is 11.1 Å². The van der Waals surface area contributed by atoms with Gasteiger partial charge >= 0.3 is 0 Å². The third kappa shape index (κ3) is 2.41. The van der Waals surface area contributed by atoms with Gasteiger partial charge in [0.25, 0.3) is 5.88 Å². The van der Waals surface area contributed by atoms with Gasteiger partial charge in [-0.05, 0) is 25.0 Å². The largest absolute Gasteiger partial charge is 0.470 e. The van der Waals surface area contributed by atoms with Gasteiger partial charge in [-0.15, -0.1) is 10.8 Å². The quantitative estimate of drug-likeness (QED) is 0.685. The zero-order valence-electron chi connectivity index (χ0n) is 12.7. The number of ether oxygens (including phenoxy) is 1. The van der Waals surface area contributed by atoms with Gasteiger partial charge in [0.2, 0.25) is 0 Å².